The molecule has 0 N–H and O–H groups in total. The lowest BCUT2D eigenvalue weighted by molar-refractivity contribution is -0.385. The minimum atomic E-state index is -0.412. The zero-order chi connectivity index (χ0) is 15.7. The number of hydrogen-bond acceptors (Lipinski definition) is 5. The van der Waals surface area contributed by atoms with E-state index in [4.69, 9.17) is 4.42 Å². The minimum Gasteiger partial charge on any atom is -0.416 e. The largest absolute Gasteiger partial charge is 0.416 e. The first-order chi connectivity index (χ1) is 10.5. The Hall–Kier alpha value is -3.02. The summed E-state index contributed by atoms with van der Waals surface area (Å²) < 4.78 is 5.67. The van der Waals surface area contributed by atoms with Crippen LogP contribution in [0.5, 0.6) is 0 Å². The monoisotopic (exact) mass is 295 g/mol. The topological polar surface area (TPSA) is 82.1 Å². The number of nitro benzene ring substituents is 1. The first kappa shape index (κ1) is 13.9. The average Bonchev–Trinajstić information content (AvgIpc) is 2.96. The highest BCUT2D eigenvalue weighted by Gasteiger charge is 2.15. The third kappa shape index (κ3) is 2.58. The molecular formula is C16H13N3O3. The molecule has 2 aromatic carbocycles. The molecule has 0 aliphatic heterocycles. The molecule has 6 nitrogen and oxygen atoms in total. The Morgan fingerprint density at radius 1 is 1.00 bits per heavy atom. The molecule has 0 aliphatic rings. The molecule has 0 bridgehead atoms. The number of nitrogens with zero attached hydrogens (tertiary/aromatic N) is 3. The van der Waals surface area contributed by atoms with Crippen LogP contribution in [0.15, 0.2) is 46.9 Å². The van der Waals surface area contributed by atoms with Gasteiger partial charge in [0, 0.05) is 22.8 Å². The van der Waals surface area contributed by atoms with Gasteiger partial charge in [-0.3, -0.25) is 10.1 Å². The first-order valence-electron chi connectivity index (χ1n) is 6.70. The lowest BCUT2D eigenvalue weighted by Gasteiger charge is -1.99. The zero-order valence-electron chi connectivity index (χ0n) is 12.1. The lowest BCUT2D eigenvalue weighted by Crippen LogP contribution is -1.91. The van der Waals surface area contributed by atoms with Gasteiger partial charge < -0.3 is 4.42 Å². The fourth-order valence-corrected chi connectivity index (χ4v) is 2.23. The van der Waals surface area contributed by atoms with E-state index in [0.29, 0.717) is 22.9 Å². The summed E-state index contributed by atoms with van der Waals surface area (Å²) in [7, 11) is 0. The SMILES string of the molecule is Cc1cccc(-c2nnc(-c3ccc([N+](=O)[O-])c(C)c3)o2)c1. The second kappa shape index (κ2) is 5.40. The Morgan fingerprint density at radius 3 is 2.27 bits per heavy atom. The third-order valence-corrected chi connectivity index (χ3v) is 3.33. The van der Waals surface area contributed by atoms with Crippen LogP contribution in [0.2, 0.25) is 0 Å². The summed E-state index contributed by atoms with van der Waals surface area (Å²) in [5, 5.41) is 18.9. The van der Waals surface area contributed by atoms with Crippen LogP contribution in [-0.2, 0) is 0 Å². The highest BCUT2D eigenvalue weighted by Crippen LogP contribution is 2.27. The van der Waals surface area contributed by atoms with Crippen molar-refractivity contribution in [2.75, 3.05) is 0 Å². The summed E-state index contributed by atoms with van der Waals surface area (Å²) in [6, 6.07) is 12.5. The van der Waals surface area contributed by atoms with Crippen LogP contribution in [0.25, 0.3) is 22.9 Å². The Balaban J connectivity index is 1.97. The van der Waals surface area contributed by atoms with Crippen LogP contribution in [0.3, 0.4) is 0 Å². The normalized spacial score (nSPS) is 10.6. The second-order valence-electron chi connectivity index (χ2n) is 5.04. The molecule has 0 atom stereocenters. The van der Waals surface area contributed by atoms with E-state index >= 15 is 0 Å². The Morgan fingerprint density at radius 2 is 1.68 bits per heavy atom. The molecule has 0 saturated carbocycles. The maximum Gasteiger partial charge on any atom is 0.272 e. The van der Waals surface area contributed by atoms with E-state index in [1.54, 1.807) is 19.1 Å². The summed E-state index contributed by atoms with van der Waals surface area (Å²) >= 11 is 0. The van der Waals surface area contributed by atoms with E-state index in [-0.39, 0.29) is 5.69 Å². The Labute approximate surface area is 126 Å². The molecule has 0 amide bonds. The molecule has 0 radical (unpaired) electrons. The summed E-state index contributed by atoms with van der Waals surface area (Å²) in [4.78, 5) is 10.4. The Bertz CT molecular complexity index is 855. The number of aromatic nitrogens is 2. The zero-order valence-corrected chi connectivity index (χ0v) is 12.1. The smallest absolute Gasteiger partial charge is 0.272 e. The summed E-state index contributed by atoms with van der Waals surface area (Å²) in [6.07, 6.45) is 0. The summed E-state index contributed by atoms with van der Waals surface area (Å²) in [6.45, 7) is 3.67. The van der Waals surface area contributed by atoms with Crippen LogP contribution in [0.1, 0.15) is 11.1 Å². The van der Waals surface area contributed by atoms with Crippen LogP contribution in [-0.4, -0.2) is 15.1 Å². The quantitative estimate of drug-likeness (QED) is 0.540. The molecular weight excluding hydrogens is 282 g/mol. The maximum atomic E-state index is 10.8. The fraction of sp³-hybridized carbons (Fsp3) is 0.125. The van der Waals surface area contributed by atoms with Crippen molar-refractivity contribution in [2.24, 2.45) is 0 Å². The van der Waals surface area contributed by atoms with E-state index in [1.807, 2.05) is 31.2 Å². The van der Waals surface area contributed by atoms with Gasteiger partial charge in [0.1, 0.15) is 0 Å². The van der Waals surface area contributed by atoms with Gasteiger partial charge in [-0.25, -0.2) is 0 Å². The maximum absolute atomic E-state index is 10.8. The molecule has 3 rings (SSSR count). The van der Waals surface area contributed by atoms with Crippen molar-refractivity contribution in [3.63, 3.8) is 0 Å². The predicted molar refractivity (Wildman–Crippen MR) is 81.3 cm³/mol. The van der Waals surface area contributed by atoms with Crippen LogP contribution in [0.4, 0.5) is 5.69 Å². The van der Waals surface area contributed by atoms with Crippen molar-refractivity contribution >= 4 is 5.69 Å². The molecule has 0 fully saturated rings. The minimum absolute atomic E-state index is 0.0715. The van der Waals surface area contributed by atoms with E-state index in [2.05, 4.69) is 10.2 Å². The van der Waals surface area contributed by atoms with Gasteiger partial charge >= 0.3 is 0 Å². The van der Waals surface area contributed by atoms with Gasteiger partial charge in [0.05, 0.1) is 4.92 Å². The van der Waals surface area contributed by atoms with Crippen molar-refractivity contribution in [3.05, 3.63) is 63.7 Å². The predicted octanol–water partition coefficient (Wildman–Crippen LogP) is 3.93. The van der Waals surface area contributed by atoms with Crippen molar-refractivity contribution in [3.8, 4) is 22.9 Å². The van der Waals surface area contributed by atoms with E-state index in [9.17, 15) is 10.1 Å². The molecule has 1 aromatic heterocycles. The van der Waals surface area contributed by atoms with Crippen LogP contribution in [0, 0.1) is 24.0 Å². The molecule has 0 unspecified atom stereocenters. The van der Waals surface area contributed by atoms with Crippen molar-refractivity contribution in [1.29, 1.82) is 0 Å². The van der Waals surface area contributed by atoms with Crippen molar-refractivity contribution in [1.82, 2.24) is 10.2 Å². The Kier molecular flexibility index (Phi) is 3.42. The number of rotatable bonds is 3. The van der Waals surface area contributed by atoms with Gasteiger partial charge in [-0.05, 0) is 38.1 Å². The second-order valence-corrected chi connectivity index (χ2v) is 5.04. The average molecular weight is 295 g/mol. The molecule has 110 valence electrons. The highest BCUT2D eigenvalue weighted by atomic mass is 16.6. The standard InChI is InChI=1S/C16H13N3O3/c1-10-4-3-5-12(8-10)15-17-18-16(22-15)13-6-7-14(19(20)21)11(2)9-13/h3-9H,1-2H3. The number of hydrogen-bond donors (Lipinski definition) is 0. The fourth-order valence-electron chi connectivity index (χ4n) is 2.23. The van der Waals surface area contributed by atoms with Gasteiger partial charge in [-0.2, -0.15) is 0 Å². The molecule has 0 saturated heterocycles. The lowest BCUT2D eigenvalue weighted by atomic mass is 10.1. The molecule has 3 aromatic rings. The van der Waals surface area contributed by atoms with Crippen LogP contribution < -0.4 is 0 Å². The van der Waals surface area contributed by atoms with Gasteiger partial charge in [0.15, 0.2) is 0 Å². The van der Waals surface area contributed by atoms with E-state index in [0.717, 1.165) is 11.1 Å². The summed E-state index contributed by atoms with van der Waals surface area (Å²) in [5.74, 6) is 0.768. The number of benzene rings is 2. The number of aryl methyl sites for hydroxylation is 2. The van der Waals surface area contributed by atoms with E-state index < -0.39 is 4.92 Å². The third-order valence-electron chi connectivity index (χ3n) is 3.33. The van der Waals surface area contributed by atoms with Crippen molar-refractivity contribution < 1.29 is 9.34 Å². The highest BCUT2D eigenvalue weighted by molar-refractivity contribution is 5.61. The van der Waals surface area contributed by atoms with Gasteiger partial charge in [0.2, 0.25) is 11.8 Å². The van der Waals surface area contributed by atoms with Gasteiger partial charge in [-0.15, -0.1) is 10.2 Å². The van der Waals surface area contributed by atoms with Crippen LogP contribution >= 0.6 is 0 Å². The molecule has 22 heavy (non-hydrogen) atoms. The van der Waals surface area contributed by atoms with Gasteiger partial charge in [-0.1, -0.05) is 17.7 Å². The molecule has 1 heterocycles. The summed E-state index contributed by atoms with van der Waals surface area (Å²) in [5.41, 5.74) is 3.23. The molecule has 0 spiro atoms. The molecule has 6 heteroatoms. The first-order valence-corrected chi connectivity index (χ1v) is 6.70. The van der Waals surface area contributed by atoms with Gasteiger partial charge in [0.25, 0.3) is 5.69 Å². The van der Waals surface area contributed by atoms with Crippen molar-refractivity contribution in [2.45, 2.75) is 13.8 Å². The van der Waals surface area contributed by atoms with E-state index in [1.165, 1.54) is 6.07 Å². The molecule has 0 aliphatic carbocycles. The number of nitro groups is 1.